The van der Waals surface area contributed by atoms with Crippen LogP contribution in [0.1, 0.15) is 12.0 Å². The lowest BCUT2D eigenvalue weighted by atomic mass is 10.1. The average Bonchev–Trinajstić information content (AvgIpc) is 2.59. The van der Waals surface area contributed by atoms with Gasteiger partial charge in [0.25, 0.3) is 0 Å². The summed E-state index contributed by atoms with van der Waals surface area (Å²) in [6.07, 6.45) is 2.27. The zero-order valence-electron chi connectivity index (χ0n) is 9.60. The summed E-state index contributed by atoms with van der Waals surface area (Å²) in [6, 6.07) is 10.6. The molecule has 0 N–H and O–H groups in total. The highest BCUT2D eigenvalue weighted by atomic mass is 16.6. The Morgan fingerprint density at radius 2 is 1.69 bits per heavy atom. The van der Waals surface area contributed by atoms with Crippen LogP contribution in [0.4, 0.5) is 0 Å². The predicted octanol–water partition coefficient (Wildman–Crippen LogP) is 1.88. The molecule has 0 atom stereocenters. The van der Waals surface area contributed by atoms with Crippen molar-refractivity contribution < 1.29 is 9.47 Å². The molecule has 0 saturated carbocycles. The van der Waals surface area contributed by atoms with Crippen molar-refractivity contribution in [1.29, 1.82) is 0 Å². The molecule has 0 aromatic heterocycles. The van der Waals surface area contributed by atoms with Crippen molar-refractivity contribution in [3.8, 4) is 0 Å². The Hall–Kier alpha value is -0.900. The lowest BCUT2D eigenvalue weighted by Crippen LogP contribution is -2.27. The lowest BCUT2D eigenvalue weighted by molar-refractivity contribution is 0.0260. The van der Waals surface area contributed by atoms with Crippen LogP contribution in [0.2, 0.25) is 0 Å². The maximum atomic E-state index is 5.41. The van der Waals surface area contributed by atoms with E-state index in [2.05, 4.69) is 35.2 Å². The molecule has 0 aliphatic carbocycles. The SMILES string of the molecule is c1ccc(CCCN2COCCOC2)cc1. The van der Waals surface area contributed by atoms with Crippen LogP contribution in [0.5, 0.6) is 0 Å². The molecule has 88 valence electrons. The fourth-order valence-corrected chi connectivity index (χ4v) is 1.82. The van der Waals surface area contributed by atoms with Crippen molar-refractivity contribution >= 4 is 0 Å². The third kappa shape index (κ3) is 3.93. The van der Waals surface area contributed by atoms with Gasteiger partial charge in [-0.25, -0.2) is 0 Å². The highest BCUT2D eigenvalue weighted by molar-refractivity contribution is 5.14. The van der Waals surface area contributed by atoms with Gasteiger partial charge in [0.05, 0.1) is 13.2 Å². The van der Waals surface area contributed by atoms with E-state index < -0.39 is 0 Å². The third-order valence-electron chi connectivity index (χ3n) is 2.70. The molecular formula is C13H19NO2. The van der Waals surface area contributed by atoms with E-state index in [4.69, 9.17) is 9.47 Å². The van der Waals surface area contributed by atoms with E-state index in [1.165, 1.54) is 5.56 Å². The average molecular weight is 221 g/mol. The van der Waals surface area contributed by atoms with Gasteiger partial charge >= 0.3 is 0 Å². The molecule has 0 unspecified atom stereocenters. The summed E-state index contributed by atoms with van der Waals surface area (Å²) < 4.78 is 10.8. The highest BCUT2D eigenvalue weighted by Gasteiger charge is 2.08. The molecule has 3 heteroatoms. The molecule has 0 radical (unpaired) electrons. The Kier molecular flexibility index (Phi) is 4.80. The fraction of sp³-hybridized carbons (Fsp3) is 0.538. The normalized spacial score (nSPS) is 18.2. The zero-order chi connectivity index (χ0) is 11.1. The maximum absolute atomic E-state index is 5.41. The molecule has 0 spiro atoms. The molecule has 1 aromatic carbocycles. The van der Waals surface area contributed by atoms with Crippen LogP contribution in [-0.4, -0.2) is 38.1 Å². The Bertz CT molecular complexity index is 281. The fourth-order valence-electron chi connectivity index (χ4n) is 1.82. The van der Waals surface area contributed by atoms with Crippen molar-refractivity contribution in [2.24, 2.45) is 0 Å². The summed E-state index contributed by atoms with van der Waals surface area (Å²) in [6.45, 7) is 3.88. The van der Waals surface area contributed by atoms with E-state index in [0.717, 1.165) is 32.6 Å². The monoisotopic (exact) mass is 221 g/mol. The van der Waals surface area contributed by atoms with Crippen molar-refractivity contribution in [2.45, 2.75) is 12.8 Å². The minimum atomic E-state index is 0.703. The topological polar surface area (TPSA) is 21.7 Å². The predicted molar refractivity (Wildman–Crippen MR) is 63.1 cm³/mol. The van der Waals surface area contributed by atoms with Crippen LogP contribution in [0.15, 0.2) is 30.3 Å². The van der Waals surface area contributed by atoms with Crippen LogP contribution in [0.25, 0.3) is 0 Å². The summed E-state index contributed by atoms with van der Waals surface area (Å²) in [5.74, 6) is 0. The van der Waals surface area contributed by atoms with Crippen molar-refractivity contribution in [3.05, 3.63) is 35.9 Å². The van der Waals surface area contributed by atoms with E-state index in [-0.39, 0.29) is 0 Å². The summed E-state index contributed by atoms with van der Waals surface area (Å²) in [5.41, 5.74) is 1.40. The van der Waals surface area contributed by atoms with Gasteiger partial charge in [-0.05, 0) is 18.4 Å². The summed E-state index contributed by atoms with van der Waals surface area (Å²) in [4.78, 5) is 2.20. The number of ether oxygens (including phenoxy) is 2. The van der Waals surface area contributed by atoms with Crippen LogP contribution in [-0.2, 0) is 15.9 Å². The molecule has 1 fully saturated rings. The molecular weight excluding hydrogens is 202 g/mol. The highest BCUT2D eigenvalue weighted by Crippen LogP contribution is 2.04. The second-order valence-electron chi connectivity index (χ2n) is 4.06. The van der Waals surface area contributed by atoms with Crippen LogP contribution >= 0.6 is 0 Å². The smallest absolute Gasteiger partial charge is 0.101 e. The largest absolute Gasteiger partial charge is 0.364 e. The van der Waals surface area contributed by atoms with E-state index in [9.17, 15) is 0 Å². The first-order valence-corrected chi connectivity index (χ1v) is 5.87. The molecule has 1 heterocycles. The molecule has 3 nitrogen and oxygen atoms in total. The Morgan fingerprint density at radius 1 is 1.00 bits per heavy atom. The first-order chi connectivity index (χ1) is 7.95. The maximum Gasteiger partial charge on any atom is 0.101 e. The first kappa shape index (κ1) is 11.6. The van der Waals surface area contributed by atoms with Crippen LogP contribution in [0, 0.1) is 0 Å². The molecule has 0 amide bonds. The number of hydrogen-bond donors (Lipinski definition) is 0. The quantitative estimate of drug-likeness (QED) is 0.775. The second kappa shape index (κ2) is 6.63. The van der Waals surface area contributed by atoms with E-state index >= 15 is 0 Å². The molecule has 2 rings (SSSR count). The van der Waals surface area contributed by atoms with Gasteiger partial charge in [-0.3, -0.25) is 4.90 Å². The Balaban J connectivity index is 1.67. The van der Waals surface area contributed by atoms with Crippen molar-refractivity contribution in [3.63, 3.8) is 0 Å². The van der Waals surface area contributed by atoms with Gasteiger partial charge in [0.1, 0.15) is 13.5 Å². The summed E-state index contributed by atoms with van der Waals surface area (Å²) >= 11 is 0. The van der Waals surface area contributed by atoms with Gasteiger partial charge in [0.15, 0.2) is 0 Å². The molecule has 1 aromatic rings. The molecule has 1 aliphatic rings. The lowest BCUT2D eigenvalue weighted by Gasteiger charge is -2.17. The van der Waals surface area contributed by atoms with E-state index in [1.54, 1.807) is 0 Å². The van der Waals surface area contributed by atoms with Gasteiger partial charge < -0.3 is 9.47 Å². The van der Waals surface area contributed by atoms with E-state index in [0.29, 0.717) is 13.5 Å². The van der Waals surface area contributed by atoms with Gasteiger partial charge in [-0.15, -0.1) is 0 Å². The van der Waals surface area contributed by atoms with E-state index in [1.807, 2.05) is 0 Å². The van der Waals surface area contributed by atoms with Gasteiger partial charge in [-0.1, -0.05) is 30.3 Å². The minimum Gasteiger partial charge on any atom is -0.364 e. The zero-order valence-corrected chi connectivity index (χ0v) is 9.60. The molecule has 1 aliphatic heterocycles. The minimum absolute atomic E-state index is 0.703. The van der Waals surface area contributed by atoms with Crippen molar-refractivity contribution in [2.75, 3.05) is 33.2 Å². The van der Waals surface area contributed by atoms with Gasteiger partial charge in [0.2, 0.25) is 0 Å². The number of aryl methyl sites for hydroxylation is 1. The number of hydrogen-bond acceptors (Lipinski definition) is 3. The van der Waals surface area contributed by atoms with Crippen molar-refractivity contribution in [1.82, 2.24) is 4.90 Å². The van der Waals surface area contributed by atoms with Gasteiger partial charge in [0, 0.05) is 6.54 Å². The number of nitrogens with zero attached hydrogens (tertiary/aromatic N) is 1. The summed E-state index contributed by atoms with van der Waals surface area (Å²) in [7, 11) is 0. The molecule has 1 saturated heterocycles. The Labute approximate surface area is 97.0 Å². The molecule has 0 bridgehead atoms. The standard InChI is InChI=1S/C13H19NO2/c1-2-5-13(6-3-1)7-4-8-14-11-15-9-10-16-12-14/h1-3,5-6H,4,7-12H2. The van der Waals surface area contributed by atoms with Gasteiger partial charge in [-0.2, -0.15) is 0 Å². The second-order valence-corrected chi connectivity index (χ2v) is 4.06. The number of benzene rings is 1. The first-order valence-electron chi connectivity index (χ1n) is 5.87. The molecule has 16 heavy (non-hydrogen) atoms. The Morgan fingerprint density at radius 3 is 2.38 bits per heavy atom. The summed E-state index contributed by atoms with van der Waals surface area (Å²) in [5, 5.41) is 0. The van der Waals surface area contributed by atoms with Crippen LogP contribution in [0.3, 0.4) is 0 Å². The number of rotatable bonds is 4. The third-order valence-corrected chi connectivity index (χ3v) is 2.70. The van der Waals surface area contributed by atoms with Crippen LogP contribution < -0.4 is 0 Å².